The summed E-state index contributed by atoms with van der Waals surface area (Å²) >= 11 is 12.6. The van der Waals surface area contributed by atoms with Crippen LogP contribution in [0.15, 0.2) is 48.5 Å². The number of anilines is 1. The first-order valence-electron chi connectivity index (χ1n) is 9.23. The Morgan fingerprint density at radius 2 is 1.97 bits per heavy atom. The third-order valence-electron chi connectivity index (χ3n) is 4.75. The standard InChI is InChI=1S/C21H20Cl2N4O2/c1-29-15-7-4-13(5-8-15)18-12-19(16-9-6-14(22)11-17(16)23)27-21(24-18)25-20(26-27)3-2-10-28/h4-9,11-12,19,28H,2-3,10H2,1H3,(H,24,25,26). The fourth-order valence-electron chi connectivity index (χ4n) is 3.28. The van der Waals surface area contributed by atoms with Crippen molar-refractivity contribution in [3.8, 4) is 5.75 Å². The fraction of sp³-hybridized carbons (Fsp3) is 0.238. The summed E-state index contributed by atoms with van der Waals surface area (Å²) < 4.78 is 7.07. The smallest absolute Gasteiger partial charge is 0.226 e. The van der Waals surface area contributed by atoms with Crippen LogP contribution >= 0.6 is 23.2 Å². The lowest BCUT2D eigenvalue weighted by molar-refractivity contribution is 0.287. The van der Waals surface area contributed by atoms with Crippen LogP contribution in [0.25, 0.3) is 5.70 Å². The van der Waals surface area contributed by atoms with Crippen LogP contribution in [0.3, 0.4) is 0 Å². The Labute approximate surface area is 178 Å². The summed E-state index contributed by atoms with van der Waals surface area (Å²) in [5, 5.41) is 18.3. The topological polar surface area (TPSA) is 72.2 Å². The molecule has 6 nitrogen and oxygen atoms in total. The van der Waals surface area contributed by atoms with Gasteiger partial charge in [-0.2, -0.15) is 10.1 Å². The lowest BCUT2D eigenvalue weighted by atomic mass is 10.0. The number of aromatic nitrogens is 3. The molecule has 0 fully saturated rings. The Morgan fingerprint density at radius 1 is 1.17 bits per heavy atom. The maximum Gasteiger partial charge on any atom is 0.226 e. The van der Waals surface area contributed by atoms with Gasteiger partial charge in [-0.15, -0.1) is 0 Å². The second-order valence-corrected chi connectivity index (χ2v) is 7.51. The molecule has 1 aliphatic rings. The second-order valence-electron chi connectivity index (χ2n) is 6.67. The van der Waals surface area contributed by atoms with E-state index in [0.717, 1.165) is 22.6 Å². The lowest BCUT2D eigenvalue weighted by Gasteiger charge is -2.25. The third kappa shape index (κ3) is 4.10. The lowest BCUT2D eigenvalue weighted by Crippen LogP contribution is -2.20. The number of benzene rings is 2. The zero-order valence-electron chi connectivity index (χ0n) is 15.8. The molecule has 1 aliphatic heterocycles. The van der Waals surface area contributed by atoms with Crippen LogP contribution in [0.1, 0.15) is 29.4 Å². The zero-order valence-corrected chi connectivity index (χ0v) is 17.3. The number of nitrogens with one attached hydrogen (secondary N) is 1. The van der Waals surface area contributed by atoms with E-state index in [-0.39, 0.29) is 12.6 Å². The normalized spacial score (nSPS) is 15.4. The minimum atomic E-state index is -0.247. The summed E-state index contributed by atoms with van der Waals surface area (Å²) in [6, 6.07) is 13.0. The molecule has 8 heteroatoms. The first-order valence-corrected chi connectivity index (χ1v) is 9.99. The molecule has 0 saturated heterocycles. The highest BCUT2D eigenvalue weighted by Gasteiger charge is 2.26. The molecule has 0 saturated carbocycles. The van der Waals surface area contributed by atoms with Crippen LogP contribution in [0.4, 0.5) is 5.95 Å². The number of hydrogen-bond acceptors (Lipinski definition) is 5. The van der Waals surface area contributed by atoms with Crippen LogP contribution in [-0.4, -0.2) is 33.6 Å². The van der Waals surface area contributed by atoms with E-state index in [4.69, 9.17) is 33.0 Å². The number of aryl methyl sites for hydroxylation is 1. The summed E-state index contributed by atoms with van der Waals surface area (Å²) in [5.74, 6) is 2.08. The van der Waals surface area contributed by atoms with Crippen molar-refractivity contribution in [1.82, 2.24) is 14.8 Å². The molecule has 29 heavy (non-hydrogen) atoms. The van der Waals surface area contributed by atoms with E-state index in [1.807, 2.05) is 41.1 Å². The maximum absolute atomic E-state index is 9.13. The van der Waals surface area contributed by atoms with Gasteiger partial charge in [-0.05, 0) is 60.0 Å². The Hall–Kier alpha value is -2.54. The summed E-state index contributed by atoms with van der Waals surface area (Å²) in [4.78, 5) is 4.62. The van der Waals surface area contributed by atoms with Gasteiger partial charge in [0.15, 0.2) is 5.82 Å². The quantitative estimate of drug-likeness (QED) is 0.598. The monoisotopic (exact) mass is 430 g/mol. The largest absolute Gasteiger partial charge is 0.497 e. The maximum atomic E-state index is 9.13. The first-order chi connectivity index (χ1) is 14.1. The average molecular weight is 431 g/mol. The van der Waals surface area contributed by atoms with E-state index in [1.54, 1.807) is 13.2 Å². The van der Waals surface area contributed by atoms with Crippen molar-refractivity contribution in [2.24, 2.45) is 0 Å². The van der Waals surface area contributed by atoms with Crippen LogP contribution in [0.5, 0.6) is 5.75 Å². The Kier molecular flexibility index (Phi) is 5.76. The van der Waals surface area contributed by atoms with Crippen molar-refractivity contribution in [3.05, 3.63) is 75.5 Å². The molecule has 150 valence electrons. The van der Waals surface area contributed by atoms with E-state index in [9.17, 15) is 0 Å². The van der Waals surface area contributed by atoms with Gasteiger partial charge in [-0.25, -0.2) is 4.68 Å². The van der Waals surface area contributed by atoms with Gasteiger partial charge in [-0.3, -0.25) is 0 Å². The van der Waals surface area contributed by atoms with Gasteiger partial charge in [0.1, 0.15) is 11.8 Å². The number of aliphatic hydroxyl groups is 1. The molecular weight excluding hydrogens is 411 g/mol. The molecule has 2 aromatic carbocycles. The Balaban J connectivity index is 1.78. The molecule has 0 bridgehead atoms. The van der Waals surface area contributed by atoms with Gasteiger partial charge in [0.25, 0.3) is 0 Å². The number of halogens is 2. The molecule has 4 rings (SSSR count). The highest BCUT2D eigenvalue weighted by molar-refractivity contribution is 6.35. The number of fused-ring (bicyclic) bond motifs is 1. The molecular formula is C21H20Cl2N4O2. The molecule has 2 heterocycles. The van der Waals surface area contributed by atoms with Gasteiger partial charge in [0.2, 0.25) is 5.95 Å². The number of ether oxygens (including phenoxy) is 1. The predicted molar refractivity (Wildman–Crippen MR) is 115 cm³/mol. The number of aliphatic hydroxyl groups excluding tert-OH is 1. The highest BCUT2D eigenvalue weighted by atomic mass is 35.5. The van der Waals surface area contributed by atoms with Gasteiger partial charge >= 0.3 is 0 Å². The molecule has 0 radical (unpaired) electrons. The minimum Gasteiger partial charge on any atom is -0.497 e. The predicted octanol–water partition coefficient (Wildman–Crippen LogP) is 4.57. The number of allylic oxidation sites excluding steroid dienone is 1. The van der Waals surface area contributed by atoms with Crippen molar-refractivity contribution >= 4 is 34.8 Å². The number of nitrogens with zero attached hydrogens (tertiary/aromatic N) is 3. The van der Waals surface area contributed by atoms with Crippen LogP contribution in [0, 0.1) is 0 Å². The molecule has 1 unspecified atom stereocenters. The average Bonchev–Trinajstić information content (AvgIpc) is 3.15. The van der Waals surface area contributed by atoms with E-state index < -0.39 is 0 Å². The molecule has 1 aromatic heterocycles. The van der Waals surface area contributed by atoms with Crippen molar-refractivity contribution < 1.29 is 9.84 Å². The first kappa shape index (κ1) is 19.8. The van der Waals surface area contributed by atoms with Crippen molar-refractivity contribution in [2.45, 2.75) is 18.9 Å². The van der Waals surface area contributed by atoms with Crippen LogP contribution in [-0.2, 0) is 6.42 Å². The van der Waals surface area contributed by atoms with Gasteiger partial charge in [-0.1, -0.05) is 29.3 Å². The molecule has 0 spiro atoms. The summed E-state index contributed by atoms with van der Waals surface area (Å²) in [6.45, 7) is 0.0963. The number of methoxy groups -OCH3 is 1. The molecule has 3 aromatic rings. The van der Waals surface area contributed by atoms with E-state index in [0.29, 0.717) is 34.7 Å². The molecule has 1 atom stereocenters. The molecule has 0 aliphatic carbocycles. The second kappa shape index (κ2) is 8.45. The van der Waals surface area contributed by atoms with Crippen molar-refractivity contribution in [2.75, 3.05) is 19.0 Å². The SMILES string of the molecule is COc1ccc(C2=CC(c3ccc(Cl)cc3Cl)n3nc(CCCO)nc3N2)cc1. The molecule has 0 amide bonds. The fourth-order valence-corrected chi connectivity index (χ4v) is 3.80. The number of hydrogen-bond donors (Lipinski definition) is 2. The van der Waals surface area contributed by atoms with Crippen LogP contribution < -0.4 is 10.1 Å². The van der Waals surface area contributed by atoms with Crippen LogP contribution in [0.2, 0.25) is 10.0 Å². The zero-order chi connectivity index (χ0) is 20.4. The van der Waals surface area contributed by atoms with Gasteiger partial charge in [0, 0.05) is 28.8 Å². The van der Waals surface area contributed by atoms with E-state index in [1.165, 1.54) is 0 Å². The van der Waals surface area contributed by atoms with E-state index >= 15 is 0 Å². The van der Waals surface area contributed by atoms with Crippen molar-refractivity contribution in [1.29, 1.82) is 0 Å². The highest BCUT2D eigenvalue weighted by Crippen LogP contribution is 2.36. The molecule has 2 N–H and O–H groups in total. The van der Waals surface area contributed by atoms with Crippen molar-refractivity contribution in [3.63, 3.8) is 0 Å². The van der Waals surface area contributed by atoms with Gasteiger partial charge in [0.05, 0.1) is 7.11 Å². The summed E-state index contributed by atoms with van der Waals surface area (Å²) in [7, 11) is 1.64. The third-order valence-corrected chi connectivity index (χ3v) is 5.31. The number of rotatable bonds is 6. The Bertz CT molecular complexity index is 1050. The minimum absolute atomic E-state index is 0.0963. The van der Waals surface area contributed by atoms with Gasteiger partial charge < -0.3 is 15.2 Å². The van der Waals surface area contributed by atoms with E-state index in [2.05, 4.69) is 21.5 Å². The summed E-state index contributed by atoms with van der Waals surface area (Å²) in [5.41, 5.74) is 2.77. The Morgan fingerprint density at radius 3 is 2.66 bits per heavy atom. The summed E-state index contributed by atoms with van der Waals surface area (Å²) in [6.07, 6.45) is 3.26.